The number of hydrogen-bond donors (Lipinski definition) is 4. The van der Waals surface area contributed by atoms with Gasteiger partial charge in [0.25, 0.3) is 11.8 Å². The molecule has 4 bridgehead atoms. The van der Waals surface area contributed by atoms with Crippen LogP contribution in [-0.2, 0) is 63.8 Å². The van der Waals surface area contributed by atoms with Gasteiger partial charge in [0.1, 0.15) is 22.7 Å². The van der Waals surface area contributed by atoms with Gasteiger partial charge in [0.15, 0.2) is 0 Å². The van der Waals surface area contributed by atoms with Crippen LogP contribution < -0.4 is 28.7 Å². The van der Waals surface area contributed by atoms with E-state index in [0.717, 1.165) is 60.0 Å². The maximum Gasteiger partial charge on any atom is 0.264 e. The third kappa shape index (κ3) is 14.5. The Bertz CT molecular complexity index is 3930. The number of hydrogen-bond acceptors (Lipinski definition) is 16. The number of ether oxygens (including phenoxy) is 2. The summed E-state index contributed by atoms with van der Waals surface area (Å²) in [5.41, 5.74) is 2.32. The van der Waals surface area contributed by atoms with Gasteiger partial charge < -0.3 is 29.5 Å². The van der Waals surface area contributed by atoms with Crippen molar-refractivity contribution in [3.05, 3.63) is 141 Å². The molecule has 0 aromatic heterocycles. The molecule has 0 unspecified atom stereocenters. The number of aliphatic hydroxyl groups is 2. The first-order chi connectivity index (χ1) is 45.1. The average Bonchev–Trinajstić information content (AvgIpc) is 1.33. The molecular weight excluding hydrogens is 1350 g/mol. The van der Waals surface area contributed by atoms with E-state index in [9.17, 15) is 53.5 Å². The van der Waals surface area contributed by atoms with Crippen LogP contribution in [-0.4, -0.2) is 165 Å². The number of aryl methyl sites for hydroxylation is 2. The fraction of sp³-hybridized carbons (Fsp3) is 0.571. The molecule has 0 radical (unpaired) electrons. The number of sulfonamides is 4. The van der Waals surface area contributed by atoms with Gasteiger partial charge in [0.05, 0.1) is 46.6 Å². The van der Waals surface area contributed by atoms with Gasteiger partial charge in [-0.2, -0.15) is 0 Å². The standard InChI is InChI=1S/2C35H46ClN3O7S2/c2*1-23-7-5-16-35(41,22-47(42,43)38(3)4)30-12-9-27(30)19-39-20-34(15-6-8-25-17-28(36)11-13-29(25)34)21-46-32-14-10-26(18-31(32)39)33(40)37-48(44,45)24(23)2/h2*5,10-11,13-14,16-18,23-24,27,30,41H,6-9,12,15,19-22H2,1-4H3,(H,37,40)/b2*16-5+/t23-,24+,27-,30+,34-,35+;23-,24+,27-,30+,34-,35-/m00/s1. The molecule has 96 heavy (non-hydrogen) atoms. The highest BCUT2D eigenvalue weighted by Crippen LogP contribution is 2.51. The molecule has 4 aliphatic carbocycles. The second kappa shape index (κ2) is 27.3. The lowest BCUT2D eigenvalue weighted by Crippen LogP contribution is -2.55. The maximum atomic E-state index is 13.5. The number of amides is 2. The van der Waals surface area contributed by atoms with Crippen molar-refractivity contribution in [2.75, 3.05) is 88.9 Å². The Kier molecular flexibility index (Phi) is 20.5. The van der Waals surface area contributed by atoms with Crippen molar-refractivity contribution in [2.24, 2.45) is 35.5 Å². The Morgan fingerprint density at radius 3 is 1.31 bits per heavy atom. The largest absolute Gasteiger partial charge is 0.490 e. The fourth-order valence-corrected chi connectivity index (χ4v) is 21.2. The van der Waals surface area contributed by atoms with Crippen molar-refractivity contribution >= 4 is 86.5 Å². The third-order valence-corrected chi connectivity index (χ3v) is 30.6. The zero-order chi connectivity index (χ0) is 69.3. The fourth-order valence-electron chi connectivity index (χ4n) is 15.9. The number of anilines is 2. The molecule has 4 N–H and O–H groups in total. The Labute approximate surface area is 577 Å². The van der Waals surface area contributed by atoms with Crippen LogP contribution in [0, 0.1) is 35.5 Å². The second-order valence-electron chi connectivity index (χ2n) is 29.1. The highest BCUT2D eigenvalue weighted by molar-refractivity contribution is 7.91. The topological polar surface area (TPSA) is 267 Å². The molecule has 4 aromatic rings. The molecule has 4 aromatic carbocycles. The zero-order valence-electron chi connectivity index (χ0n) is 56.0. The van der Waals surface area contributed by atoms with E-state index in [1.165, 1.54) is 50.4 Å². The van der Waals surface area contributed by atoms with E-state index in [-0.39, 0.29) is 58.5 Å². The summed E-state index contributed by atoms with van der Waals surface area (Å²) >= 11 is 12.8. The Balaban J connectivity index is 0.000000195. The summed E-state index contributed by atoms with van der Waals surface area (Å²) in [4.78, 5) is 31.3. The van der Waals surface area contributed by atoms with Gasteiger partial charge in [0.2, 0.25) is 40.1 Å². The molecule has 4 heterocycles. The minimum absolute atomic E-state index is 0.0598. The van der Waals surface area contributed by atoms with Gasteiger partial charge in [-0.15, -0.1) is 0 Å². The van der Waals surface area contributed by atoms with Gasteiger partial charge in [-0.3, -0.25) is 9.59 Å². The second-order valence-corrected chi connectivity index (χ2v) is 38.4. The minimum Gasteiger partial charge on any atom is -0.490 e. The van der Waals surface area contributed by atoms with E-state index in [2.05, 4.69) is 31.4 Å². The summed E-state index contributed by atoms with van der Waals surface area (Å²) < 4.78 is 126. The molecule has 20 nitrogen and oxygen atoms in total. The summed E-state index contributed by atoms with van der Waals surface area (Å²) in [5, 5.41) is 24.0. The van der Waals surface area contributed by atoms with E-state index in [4.69, 9.17) is 32.7 Å². The lowest BCUT2D eigenvalue weighted by Gasteiger charge is -2.49. The smallest absolute Gasteiger partial charge is 0.264 e. The van der Waals surface area contributed by atoms with Gasteiger partial charge in [-0.1, -0.05) is 73.5 Å². The van der Waals surface area contributed by atoms with Crippen LogP contribution in [0.2, 0.25) is 10.0 Å². The molecule has 12 rings (SSSR count). The number of halogens is 2. The highest BCUT2D eigenvalue weighted by atomic mass is 35.5. The molecule has 2 amide bonds. The molecule has 2 saturated carbocycles. The monoisotopic (exact) mass is 1440 g/mol. The number of nitrogens with zero attached hydrogens (tertiary/aromatic N) is 4. The van der Waals surface area contributed by atoms with Crippen molar-refractivity contribution in [1.29, 1.82) is 0 Å². The molecule has 4 aliphatic heterocycles. The first-order valence-corrected chi connectivity index (χ1v) is 40.5. The SMILES string of the molecule is C[C@@H]1[C@@H](C)C/C=C/[C@@](O)(CS(=O)(=O)N(C)C)[C@@H]2CC[C@H]2CN2C[C@@]3(CCCc4cc(Cl)ccc43)COc3ccc(cc32)C(=O)NS1(=O)=O.C[C@@H]1[C@@H](C)C/C=C/[C@](O)(CS(=O)(=O)N(C)C)[C@@H]2CC[C@H]2CN2C[C@@]3(CCCc4cc(Cl)ccc43)COc3ccc(cc32)C(=O)NS1(=O)=O. The molecule has 8 aliphatic rings. The van der Waals surface area contributed by atoms with Crippen LogP contribution in [0.1, 0.15) is 135 Å². The summed E-state index contributed by atoms with van der Waals surface area (Å²) in [6.45, 7) is 9.50. The van der Waals surface area contributed by atoms with Crippen molar-refractivity contribution in [2.45, 2.75) is 137 Å². The average molecular weight is 1440 g/mol. The third-order valence-electron chi connectivity index (χ3n) is 22.4. The van der Waals surface area contributed by atoms with Crippen LogP contribution in [0.4, 0.5) is 11.4 Å². The van der Waals surface area contributed by atoms with E-state index >= 15 is 0 Å². The number of allylic oxidation sites excluding steroid dienone is 2. The predicted molar refractivity (Wildman–Crippen MR) is 375 cm³/mol. The van der Waals surface area contributed by atoms with Gasteiger partial charge in [0, 0.05) is 86.4 Å². The summed E-state index contributed by atoms with van der Waals surface area (Å²) in [6, 6.07) is 22.0. The number of carbonyl (C=O) groups excluding carboxylic acids is 2. The van der Waals surface area contributed by atoms with Crippen molar-refractivity contribution < 1.29 is 62.9 Å². The van der Waals surface area contributed by atoms with E-state index in [1.807, 2.05) is 24.3 Å². The van der Waals surface area contributed by atoms with Crippen LogP contribution in [0.25, 0.3) is 0 Å². The Hall–Kier alpha value is -5.28. The molecule has 2 fully saturated rings. The minimum atomic E-state index is -4.07. The summed E-state index contributed by atoms with van der Waals surface area (Å²) in [5.74, 6) is -2.91. The molecular formula is C70H92Cl2N6O14S4. The predicted octanol–water partition coefficient (Wildman–Crippen LogP) is 9.01. The van der Waals surface area contributed by atoms with Gasteiger partial charge >= 0.3 is 0 Å². The molecule has 524 valence electrons. The highest BCUT2D eigenvalue weighted by Gasteiger charge is 2.53. The van der Waals surface area contributed by atoms with Crippen molar-refractivity contribution in [3.8, 4) is 11.5 Å². The van der Waals surface area contributed by atoms with Gasteiger partial charge in [-0.05, 0) is 209 Å². The normalized spacial score (nSPS) is 32.6. The number of rotatable bonds is 6. The van der Waals surface area contributed by atoms with Crippen LogP contribution in [0.3, 0.4) is 0 Å². The van der Waals surface area contributed by atoms with Crippen LogP contribution >= 0.6 is 23.2 Å². The van der Waals surface area contributed by atoms with Crippen LogP contribution in [0.5, 0.6) is 11.5 Å². The molecule has 0 saturated heterocycles. The number of benzene rings is 4. The summed E-state index contributed by atoms with van der Waals surface area (Å²) in [6.07, 6.45) is 15.4. The van der Waals surface area contributed by atoms with Gasteiger partial charge in [-0.25, -0.2) is 51.7 Å². The molecule has 26 heteroatoms. The summed E-state index contributed by atoms with van der Waals surface area (Å²) in [7, 11) is -9.90. The maximum absolute atomic E-state index is 13.5. The lowest BCUT2D eigenvalue weighted by atomic mass is 9.64. The Morgan fingerprint density at radius 1 is 0.573 bits per heavy atom. The van der Waals surface area contributed by atoms with E-state index in [1.54, 1.807) is 88.4 Å². The van der Waals surface area contributed by atoms with Crippen molar-refractivity contribution in [1.82, 2.24) is 18.1 Å². The quantitative estimate of drug-likeness (QED) is 0.131. The Morgan fingerprint density at radius 2 is 0.958 bits per heavy atom. The van der Waals surface area contributed by atoms with E-state index < -0.39 is 97.0 Å². The lowest BCUT2D eigenvalue weighted by molar-refractivity contribution is -0.0297. The number of nitrogens with one attached hydrogen (secondary N) is 2. The van der Waals surface area contributed by atoms with Crippen LogP contribution in [0.15, 0.2) is 97.1 Å². The number of carbonyl (C=O) groups is 2. The first kappa shape index (κ1) is 72.0. The number of fused-ring (bicyclic) bond motifs is 8. The molecule has 2 spiro atoms. The zero-order valence-corrected chi connectivity index (χ0v) is 60.7. The van der Waals surface area contributed by atoms with Crippen molar-refractivity contribution in [3.63, 3.8) is 0 Å². The van der Waals surface area contributed by atoms with E-state index in [0.29, 0.717) is 85.2 Å². The molecule has 12 atom stereocenters. The first-order valence-electron chi connectivity index (χ1n) is 33.4.